The van der Waals surface area contributed by atoms with E-state index in [0.717, 1.165) is 5.69 Å². The van der Waals surface area contributed by atoms with Crippen LogP contribution >= 0.6 is 0 Å². The van der Waals surface area contributed by atoms with Gasteiger partial charge in [0.25, 0.3) is 0 Å². The van der Waals surface area contributed by atoms with Crippen molar-refractivity contribution in [1.82, 2.24) is 9.78 Å². The molecule has 1 rings (SSSR count). The Hall–Kier alpha value is -1.12. The monoisotopic (exact) mass is 250 g/mol. The van der Waals surface area contributed by atoms with Crippen molar-refractivity contribution in [3.8, 4) is 0 Å². The summed E-state index contributed by atoms with van der Waals surface area (Å²) in [5, 5.41) is 4.42. The summed E-state index contributed by atoms with van der Waals surface area (Å²) in [6.07, 6.45) is 3.04. The van der Waals surface area contributed by atoms with Gasteiger partial charge in [0.2, 0.25) is 0 Å². The number of hydrogen-bond donors (Lipinski definition) is 0. The van der Waals surface area contributed by atoms with Crippen molar-refractivity contribution in [2.24, 2.45) is 11.3 Å². The van der Waals surface area contributed by atoms with Crippen molar-refractivity contribution >= 4 is 5.78 Å². The Morgan fingerprint density at radius 2 is 1.94 bits per heavy atom. The molecule has 0 spiro atoms. The lowest BCUT2D eigenvalue weighted by atomic mass is 9.79. The van der Waals surface area contributed by atoms with Gasteiger partial charge in [0.15, 0.2) is 0 Å². The van der Waals surface area contributed by atoms with Crippen molar-refractivity contribution in [2.45, 2.75) is 60.4 Å². The van der Waals surface area contributed by atoms with E-state index >= 15 is 0 Å². The minimum Gasteiger partial charge on any atom is -0.299 e. The van der Waals surface area contributed by atoms with Gasteiger partial charge >= 0.3 is 0 Å². The lowest BCUT2D eigenvalue weighted by Crippen LogP contribution is -2.21. The van der Waals surface area contributed by atoms with Crippen molar-refractivity contribution in [3.05, 3.63) is 18.0 Å². The largest absolute Gasteiger partial charge is 0.299 e. The molecule has 0 fully saturated rings. The van der Waals surface area contributed by atoms with Crippen molar-refractivity contribution in [3.63, 3.8) is 0 Å². The molecule has 102 valence electrons. The van der Waals surface area contributed by atoms with Crippen LogP contribution < -0.4 is 0 Å². The molecule has 1 aromatic heterocycles. The normalized spacial score (nSPS) is 13.9. The number of carbonyl (C=O) groups is 1. The minimum absolute atomic E-state index is 0.187. The summed E-state index contributed by atoms with van der Waals surface area (Å²) in [5.74, 6) is 0.684. The molecule has 0 aliphatic heterocycles. The quantitative estimate of drug-likeness (QED) is 0.799. The number of ketones is 1. The molecular weight excluding hydrogens is 224 g/mol. The molecule has 0 saturated carbocycles. The van der Waals surface area contributed by atoms with Gasteiger partial charge in [-0.1, -0.05) is 27.7 Å². The molecule has 3 nitrogen and oxygen atoms in total. The highest BCUT2D eigenvalue weighted by atomic mass is 16.1. The molecule has 18 heavy (non-hydrogen) atoms. The number of aromatic nitrogens is 2. The Morgan fingerprint density at radius 3 is 2.39 bits per heavy atom. The van der Waals surface area contributed by atoms with Crippen molar-refractivity contribution in [2.75, 3.05) is 0 Å². The van der Waals surface area contributed by atoms with Crippen LogP contribution in [-0.2, 0) is 11.2 Å². The molecule has 0 radical (unpaired) electrons. The van der Waals surface area contributed by atoms with Gasteiger partial charge in [0, 0.05) is 18.7 Å². The maximum atomic E-state index is 12.0. The zero-order valence-electron chi connectivity index (χ0n) is 12.5. The van der Waals surface area contributed by atoms with Crippen molar-refractivity contribution in [1.29, 1.82) is 0 Å². The fourth-order valence-corrected chi connectivity index (χ4v) is 1.68. The van der Waals surface area contributed by atoms with Crippen LogP contribution in [0.15, 0.2) is 12.3 Å². The lowest BCUT2D eigenvalue weighted by molar-refractivity contribution is -0.120. The van der Waals surface area contributed by atoms with Crippen LogP contribution in [0.2, 0.25) is 0 Å². The molecule has 0 saturated heterocycles. The summed E-state index contributed by atoms with van der Waals surface area (Å²) >= 11 is 0. The van der Waals surface area contributed by atoms with Crippen LogP contribution in [0.1, 0.15) is 59.7 Å². The third-order valence-electron chi connectivity index (χ3n) is 3.58. The molecule has 1 unspecified atom stereocenters. The van der Waals surface area contributed by atoms with E-state index in [1.807, 2.05) is 16.9 Å². The average molecular weight is 250 g/mol. The van der Waals surface area contributed by atoms with E-state index in [1.54, 1.807) is 0 Å². The Labute approximate surface area is 111 Å². The van der Waals surface area contributed by atoms with Crippen LogP contribution in [0, 0.1) is 11.3 Å². The Kier molecular flexibility index (Phi) is 4.71. The Morgan fingerprint density at radius 1 is 1.33 bits per heavy atom. The molecule has 1 aromatic rings. The van der Waals surface area contributed by atoms with E-state index in [-0.39, 0.29) is 11.2 Å². The van der Waals surface area contributed by atoms with Gasteiger partial charge < -0.3 is 0 Å². The number of carbonyl (C=O) groups excluding carboxylic acids is 1. The highest BCUT2D eigenvalue weighted by Gasteiger charge is 2.22. The second kappa shape index (κ2) is 5.68. The topological polar surface area (TPSA) is 34.9 Å². The minimum atomic E-state index is 0.187. The number of nitrogens with zero attached hydrogens (tertiary/aromatic N) is 2. The molecular formula is C15H26N2O. The molecule has 0 N–H and O–H groups in total. The average Bonchev–Trinajstić information content (AvgIpc) is 2.64. The predicted octanol–water partition coefficient (Wildman–Crippen LogP) is 3.65. The molecule has 0 amide bonds. The Bertz CT molecular complexity index is 399. The first-order chi connectivity index (χ1) is 8.20. The summed E-state index contributed by atoms with van der Waals surface area (Å²) < 4.78 is 1.90. The molecule has 1 atom stereocenters. The van der Waals surface area contributed by atoms with Gasteiger partial charge in [0.1, 0.15) is 5.78 Å². The van der Waals surface area contributed by atoms with E-state index in [1.165, 1.54) is 0 Å². The first-order valence-electron chi connectivity index (χ1n) is 6.76. The summed E-state index contributed by atoms with van der Waals surface area (Å²) in [6, 6.07) is 2.29. The predicted molar refractivity (Wildman–Crippen MR) is 74.6 cm³/mol. The van der Waals surface area contributed by atoms with Gasteiger partial charge in [-0.25, -0.2) is 0 Å². The summed E-state index contributed by atoms with van der Waals surface area (Å²) in [7, 11) is 0. The molecule has 0 aromatic carbocycles. The Balaban J connectivity index is 2.54. The van der Waals surface area contributed by atoms with Crippen LogP contribution in [0.25, 0.3) is 0 Å². The molecule has 0 aliphatic rings. The lowest BCUT2D eigenvalue weighted by Gasteiger charge is -2.26. The van der Waals surface area contributed by atoms with Crippen LogP contribution in [0.3, 0.4) is 0 Å². The first-order valence-corrected chi connectivity index (χ1v) is 6.76. The fourth-order valence-electron chi connectivity index (χ4n) is 1.68. The van der Waals surface area contributed by atoms with Crippen LogP contribution in [0.5, 0.6) is 0 Å². The van der Waals surface area contributed by atoms with Gasteiger partial charge in [-0.2, -0.15) is 5.10 Å². The maximum absolute atomic E-state index is 12.0. The van der Waals surface area contributed by atoms with E-state index in [2.05, 4.69) is 46.6 Å². The second-order valence-corrected chi connectivity index (χ2v) is 6.57. The van der Waals surface area contributed by atoms with E-state index in [4.69, 9.17) is 0 Å². The third kappa shape index (κ3) is 4.28. The smallest absolute Gasteiger partial charge is 0.139 e. The number of Topliss-reactive ketones (excluding diaryl/α,β-unsaturated/α-hetero) is 1. The summed E-state index contributed by atoms with van der Waals surface area (Å²) in [4.78, 5) is 12.0. The van der Waals surface area contributed by atoms with Gasteiger partial charge in [-0.05, 0) is 31.2 Å². The second-order valence-electron chi connectivity index (χ2n) is 6.57. The zero-order valence-corrected chi connectivity index (χ0v) is 12.5. The molecule has 0 bridgehead atoms. The highest BCUT2D eigenvalue weighted by molar-refractivity contribution is 5.80. The van der Waals surface area contributed by atoms with Gasteiger partial charge in [0.05, 0.1) is 12.1 Å². The highest BCUT2D eigenvalue weighted by Crippen LogP contribution is 2.28. The summed E-state index contributed by atoms with van der Waals surface area (Å²) in [5.41, 5.74) is 1.07. The van der Waals surface area contributed by atoms with Crippen molar-refractivity contribution < 1.29 is 4.79 Å². The number of hydrogen-bond acceptors (Lipinski definition) is 2. The molecule has 3 heteroatoms. The standard InChI is InChI=1S/C15H26N2O/c1-11(2)17-8-7-13(16-17)10-14(18)9-12(3)15(4,5)6/h7-8,11-12H,9-10H2,1-6H3. The van der Waals surface area contributed by atoms with Gasteiger partial charge in [-0.15, -0.1) is 0 Å². The first kappa shape index (κ1) is 14.9. The summed E-state index contributed by atoms with van der Waals surface area (Å²) in [6.45, 7) is 12.8. The third-order valence-corrected chi connectivity index (χ3v) is 3.58. The molecule has 1 heterocycles. The van der Waals surface area contributed by atoms with Crippen LogP contribution in [-0.4, -0.2) is 15.6 Å². The SMILES string of the molecule is CC(C)n1ccc(CC(=O)CC(C)C(C)(C)C)n1. The van der Waals surface area contributed by atoms with E-state index in [9.17, 15) is 4.79 Å². The van der Waals surface area contributed by atoms with Crippen LogP contribution in [0.4, 0.5) is 0 Å². The zero-order chi connectivity index (χ0) is 13.9. The fraction of sp³-hybridized carbons (Fsp3) is 0.733. The maximum Gasteiger partial charge on any atom is 0.139 e. The molecule has 0 aliphatic carbocycles. The van der Waals surface area contributed by atoms with E-state index in [0.29, 0.717) is 24.8 Å². The van der Waals surface area contributed by atoms with Gasteiger partial charge in [-0.3, -0.25) is 9.48 Å². The van der Waals surface area contributed by atoms with E-state index < -0.39 is 0 Å². The number of rotatable bonds is 5.